The topological polar surface area (TPSA) is 67.6 Å². The van der Waals surface area contributed by atoms with Crippen molar-refractivity contribution >= 4 is 35.2 Å². The molecule has 6 nitrogen and oxygen atoms in total. The van der Waals surface area contributed by atoms with Crippen molar-refractivity contribution in [2.45, 2.75) is 39.8 Å². The molecule has 1 aliphatic rings. The van der Waals surface area contributed by atoms with Crippen LogP contribution < -0.4 is 5.32 Å². The Bertz CT molecular complexity index is 922. The number of aryl methyl sites for hydroxylation is 1. The monoisotopic (exact) mass is 451 g/mol. The molecule has 30 heavy (non-hydrogen) atoms. The quantitative estimate of drug-likeness (QED) is 0.680. The van der Waals surface area contributed by atoms with Gasteiger partial charge in [-0.15, -0.1) is 0 Å². The number of aromatic nitrogens is 1. The molecule has 0 unspecified atom stereocenters. The van der Waals surface area contributed by atoms with Crippen LogP contribution in [0, 0.1) is 6.92 Å². The number of carbonyl (C=O) groups is 1. The van der Waals surface area contributed by atoms with E-state index in [0.29, 0.717) is 40.5 Å². The fraction of sp³-hybridized carbons (Fsp3) is 0.455. The van der Waals surface area contributed by atoms with E-state index < -0.39 is 0 Å². The lowest BCUT2D eigenvalue weighted by Gasteiger charge is -2.33. The predicted molar refractivity (Wildman–Crippen MR) is 119 cm³/mol. The van der Waals surface area contributed by atoms with Gasteiger partial charge in [-0.2, -0.15) is 0 Å². The van der Waals surface area contributed by atoms with Gasteiger partial charge in [0.15, 0.2) is 0 Å². The summed E-state index contributed by atoms with van der Waals surface area (Å²) in [6, 6.07) is 5.68. The summed E-state index contributed by atoms with van der Waals surface area (Å²) in [7, 11) is 0. The van der Waals surface area contributed by atoms with E-state index in [-0.39, 0.29) is 18.4 Å². The fourth-order valence-corrected chi connectivity index (χ4v) is 3.63. The van der Waals surface area contributed by atoms with Gasteiger partial charge in [0.25, 0.3) is 0 Å². The highest BCUT2D eigenvalue weighted by molar-refractivity contribution is 6.42. The van der Waals surface area contributed by atoms with Crippen LogP contribution in [0.1, 0.15) is 36.8 Å². The molecule has 2 aromatic rings. The summed E-state index contributed by atoms with van der Waals surface area (Å²) in [5, 5.41) is 4.06. The molecule has 8 heteroatoms. The molecule has 2 heterocycles. The van der Waals surface area contributed by atoms with Crippen molar-refractivity contribution in [2.75, 3.05) is 26.2 Å². The smallest absolute Gasteiger partial charge is 0.226 e. The molecule has 3 rings (SSSR count). The van der Waals surface area contributed by atoms with Crippen LogP contribution in [0.5, 0.6) is 0 Å². The summed E-state index contributed by atoms with van der Waals surface area (Å²) < 4.78 is 11.4. The van der Waals surface area contributed by atoms with Crippen molar-refractivity contribution < 1.29 is 13.9 Å². The maximum atomic E-state index is 12.4. The van der Waals surface area contributed by atoms with Gasteiger partial charge in [0, 0.05) is 26.2 Å². The Kier molecular flexibility index (Phi) is 7.94. The first-order chi connectivity index (χ1) is 14.3. The molecule has 0 radical (unpaired) electrons. The number of oxazole rings is 1. The summed E-state index contributed by atoms with van der Waals surface area (Å²) in [4.78, 5) is 19.1. The molecule has 0 saturated carbocycles. The number of nitrogens with one attached hydrogen (secondary N) is 1. The zero-order valence-electron chi connectivity index (χ0n) is 17.5. The van der Waals surface area contributed by atoms with Gasteiger partial charge in [0.1, 0.15) is 5.76 Å². The standard InChI is InChI=1S/C22H27Cl2N3O3/c1-14(2)8-22-26-20(15(3)30-22)10-21(28)25-11-17-13-27(6-7-29-17)12-16-4-5-18(23)19(24)9-16/h4-5,8-9,17H,6-7,10-13H2,1-3H3,(H,25,28)/t17-/m0/s1. The number of carbonyl (C=O) groups excluding carboxylic acids is 1. The van der Waals surface area contributed by atoms with Crippen LogP contribution in [0.15, 0.2) is 28.2 Å². The molecule has 1 atom stereocenters. The maximum absolute atomic E-state index is 12.4. The van der Waals surface area contributed by atoms with Crippen LogP contribution in [0.4, 0.5) is 0 Å². The molecule has 1 fully saturated rings. The summed E-state index contributed by atoms with van der Waals surface area (Å²) in [5.41, 5.74) is 2.85. The van der Waals surface area contributed by atoms with Crippen molar-refractivity contribution in [3.05, 3.63) is 56.7 Å². The first kappa shape index (κ1) is 22.8. The second-order valence-corrected chi connectivity index (χ2v) is 8.55. The number of amides is 1. The lowest BCUT2D eigenvalue weighted by Crippen LogP contribution is -2.47. The lowest BCUT2D eigenvalue weighted by molar-refractivity contribution is -0.121. The third kappa shape index (κ3) is 6.57. The Balaban J connectivity index is 1.48. The molecule has 162 valence electrons. The van der Waals surface area contributed by atoms with E-state index >= 15 is 0 Å². The van der Waals surface area contributed by atoms with E-state index in [1.807, 2.05) is 45.0 Å². The number of ether oxygens (including phenoxy) is 1. The maximum Gasteiger partial charge on any atom is 0.226 e. The van der Waals surface area contributed by atoms with E-state index in [0.717, 1.165) is 30.8 Å². The van der Waals surface area contributed by atoms with Crippen molar-refractivity contribution in [3.63, 3.8) is 0 Å². The average molecular weight is 452 g/mol. The number of hydrogen-bond donors (Lipinski definition) is 1. The molecule has 0 bridgehead atoms. The van der Waals surface area contributed by atoms with Gasteiger partial charge in [0.2, 0.25) is 11.8 Å². The Morgan fingerprint density at radius 3 is 2.87 bits per heavy atom. The SMILES string of the molecule is CC(C)=Cc1nc(CC(=O)NC[C@H]2CN(Cc3ccc(Cl)c(Cl)c3)CCO2)c(C)o1. The number of hydrogen-bond acceptors (Lipinski definition) is 5. The number of allylic oxidation sites excluding steroid dienone is 1. The van der Waals surface area contributed by atoms with E-state index in [1.165, 1.54) is 0 Å². The Morgan fingerprint density at radius 2 is 2.13 bits per heavy atom. The number of benzene rings is 1. The normalized spacial score (nSPS) is 17.0. The van der Waals surface area contributed by atoms with Crippen molar-refractivity contribution in [1.29, 1.82) is 0 Å². The molecule has 1 aromatic heterocycles. The third-order valence-corrected chi connectivity index (χ3v) is 5.53. The molecule has 1 amide bonds. The van der Waals surface area contributed by atoms with E-state index in [2.05, 4.69) is 15.2 Å². The van der Waals surface area contributed by atoms with Gasteiger partial charge in [-0.25, -0.2) is 4.98 Å². The zero-order valence-corrected chi connectivity index (χ0v) is 19.0. The molecular formula is C22H27Cl2N3O3. The molecule has 1 saturated heterocycles. The second kappa shape index (κ2) is 10.4. The minimum atomic E-state index is -0.0969. The largest absolute Gasteiger partial charge is 0.442 e. The number of morpholine rings is 1. The van der Waals surface area contributed by atoms with Gasteiger partial charge in [0.05, 0.1) is 34.9 Å². The Labute approximate surface area is 187 Å². The summed E-state index contributed by atoms with van der Waals surface area (Å²) in [6.45, 7) is 9.16. The van der Waals surface area contributed by atoms with Crippen molar-refractivity contribution in [2.24, 2.45) is 0 Å². The molecule has 1 aromatic carbocycles. The lowest BCUT2D eigenvalue weighted by atomic mass is 10.2. The molecular weight excluding hydrogens is 425 g/mol. The van der Waals surface area contributed by atoms with Gasteiger partial charge in [-0.3, -0.25) is 9.69 Å². The summed E-state index contributed by atoms with van der Waals surface area (Å²) >= 11 is 12.1. The highest BCUT2D eigenvalue weighted by atomic mass is 35.5. The highest BCUT2D eigenvalue weighted by Crippen LogP contribution is 2.23. The minimum Gasteiger partial charge on any atom is -0.442 e. The predicted octanol–water partition coefficient (Wildman–Crippen LogP) is 4.27. The minimum absolute atomic E-state index is 0.0647. The van der Waals surface area contributed by atoms with Gasteiger partial charge < -0.3 is 14.5 Å². The van der Waals surface area contributed by atoms with Crippen LogP contribution in [0.25, 0.3) is 6.08 Å². The van der Waals surface area contributed by atoms with Crippen molar-refractivity contribution in [1.82, 2.24) is 15.2 Å². The third-order valence-electron chi connectivity index (χ3n) is 4.79. The van der Waals surface area contributed by atoms with E-state index in [4.69, 9.17) is 32.4 Å². The van der Waals surface area contributed by atoms with E-state index in [1.54, 1.807) is 0 Å². The van der Waals surface area contributed by atoms with Gasteiger partial charge in [-0.05, 0) is 44.5 Å². The molecule has 1 aliphatic heterocycles. The van der Waals surface area contributed by atoms with Crippen LogP contribution in [0.2, 0.25) is 10.0 Å². The van der Waals surface area contributed by atoms with Crippen LogP contribution in [-0.2, 0) is 22.5 Å². The zero-order chi connectivity index (χ0) is 21.7. The van der Waals surface area contributed by atoms with Gasteiger partial charge in [-0.1, -0.05) is 34.8 Å². The number of halogens is 2. The summed E-state index contributed by atoms with van der Waals surface area (Å²) in [6.07, 6.45) is 1.98. The fourth-order valence-electron chi connectivity index (χ4n) is 3.31. The van der Waals surface area contributed by atoms with Crippen LogP contribution in [-0.4, -0.2) is 48.1 Å². The first-order valence-corrected chi connectivity index (χ1v) is 10.7. The van der Waals surface area contributed by atoms with E-state index in [9.17, 15) is 4.79 Å². The highest BCUT2D eigenvalue weighted by Gasteiger charge is 2.22. The van der Waals surface area contributed by atoms with Gasteiger partial charge >= 0.3 is 0 Å². The van der Waals surface area contributed by atoms with Crippen LogP contribution in [0.3, 0.4) is 0 Å². The number of rotatable bonds is 7. The molecule has 0 spiro atoms. The van der Waals surface area contributed by atoms with Crippen LogP contribution >= 0.6 is 23.2 Å². The second-order valence-electron chi connectivity index (χ2n) is 7.73. The summed E-state index contributed by atoms with van der Waals surface area (Å²) in [5.74, 6) is 1.10. The Morgan fingerprint density at radius 1 is 1.33 bits per heavy atom. The molecule has 1 N–H and O–H groups in total. The van der Waals surface area contributed by atoms with Crippen molar-refractivity contribution in [3.8, 4) is 0 Å². The Hall–Kier alpha value is -1.86. The average Bonchev–Trinajstić information content (AvgIpc) is 3.01. The molecule has 0 aliphatic carbocycles. The first-order valence-electron chi connectivity index (χ1n) is 9.96. The number of nitrogens with zero attached hydrogens (tertiary/aromatic N) is 2.